The monoisotopic (exact) mass is 328 g/mol. The first-order chi connectivity index (χ1) is 11.2. The van der Waals surface area contributed by atoms with Crippen molar-refractivity contribution in [2.45, 2.75) is 0 Å². The van der Waals surface area contributed by atoms with Gasteiger partial charge in [0.15, 0.2) is 5.13 Å². The van der Waals surface area contributed by atoms with E-state index in [1.54, 1.807) is 19.3 Å². The van der Waals surface area contributed by atoms with Crippen LogP contribution in [0.1, 0.15) is 5.56 Å². The van der Waals surface area contributed by atoms with E-state index >= 15 is 0 Å². The number of benzene rings is 2. The summed E-state index contributed by atoms with van der Waals surface area (Å²) in [5.74, 6) is 0.0533. The third kappa shape index (κ3) is 3.54. The largest absolute Gasteiger partial charge is 0.496 e. The fourth-order valence-corrected chi connectivity index (χ4v) is 2.96. The molecule has 4 nitrogen and oxygen atoms in total. The van der Waals surface area contributed by atoms with E-state index in [1.807, 2.05) is 24.3 Å². The average Bonchev–Trinajstić information content (AvgIpc) is 2.94. The quantitative estimate of drug-likeness (QED) is 0.734. The fourth-order valence-electron chi connectivity index (χ4n) is 2.07. The van der Waals surface area contributed by atoms with Crippen molar-refractivity contribution >= 4 is 38.7 Å². The second kappa shape index (κ2) is 6.58. The van der Waals surface area contributed by atoms with Crippen molar-refractivity contribution < 1.29 is 13.9 Å². The van der Waals surface area contributed by atoms with Gasteiger partial charge in [-0.15, -0.1) is 0 Å². The minimum atomic E-state index is -0.324. The maximum Gasteiger partial charge on any atom is 0.250 e. The number of amides is 1. The number of nitrogens with zero attached hydrogens (tertiary/aromatic N) is 1. The summed E-state index contributed by atoms with van der Waals surface area (Å²) in [6, 6.07) is 11.7. The topological polar surface area (TPSA) is 51.2 Å². The molecule has 0 spiro atoms. The van der Waals surface area contributed by atoms with Gasteiger partial charge in [-0.1, -0.05) is 29.5 Å². The summed E-state index contributed by atoms with van der Waals surface area (Å²) in [6.07, 6.45) is 3.08. The number of hydrogen-bond donors (Lipinski definition) is 1. The van der Waals surface area contributed by atoms with Crippen LogP contribution in [0.5, 0.6) is 5.75 Å². The minimum Gasteiger partial charge on any atom is -0.496 e. The summed E-state index contributed by atoms with van der Waals surface area (Å²) in [7, 11) is 1.58. The molecule has 1 amide bonds. The van der Waals surface area contributed by atoms with Crippen molar-refractivity contribution in [3.63, 3.8) is 0 Å². The van der Waals surface area contributed by atoms with E-state index in [1.165, 1.54) is 29.5 Å². The molecular formula is C17H13FN2O2S. The number of methoxy groups -OCH3 is 1. The van der Waals surface area contributed by atoms with Crippen molar-refractivity contribution in [1.82, 2.24) is 4.98 Å². The van der Waals surface area contributed by atoms with Gasteiger partial charge in [-0.05, 0) is 30.3 Å². The predicted molar refractivity (Wildman–Crippen MR) is 90.2 cm³/mol. The predicted octanol–water partition coefficient (Wildman–Crippen LogP) is 4.10. The lowest BCUT2D eigenvalue weighted by molar-refractivity contribution is -0.111. The molecule has 0 fully saturated rings. The van der Waals surface area contributed by atoms with Crippen LogP contribution in [0, 0.1) is 5.82 Å². The third-order valence-electron chi connectivity index (χ3n) is 3.13. The number of para-hydroxylation sites is 1. The first-order valence-electron chi connectivity index (χ1n) is 6.84. The van der Waals surface area contributed by atoms with Gasteiger partial charge in [-0.25, -0.2) is 9.37 Å². The summed E-state index contributed by atoms with van der Waals surface area (Å²) in [6.45, 7) is 0. The van der Waals surface area contributed by atoms with E-state index in [4.69, 9.17) is 4.74 Å². The second-order valence-electron chi connectivity index (χ2n) is 4.70. The zero-order chi connectivity index (χ0) is 16.2. The summed E-state index contributed by atoms with van der Waals surface area (Å²) < 4.78 is 19.1. The number of hydrogen-bond acceptors (Lipinski definition) is 4. The molecule has 0 aliphatic rings. The molecule has 6 heteroatoms. The number of aromatic nitrogens is 1. The molecule has 2 aromatic carbocycles. The van der Waals surface area contributed by atoms with Crippen molar-refractivity contribution in [2.75, 3.05) is 12.4 Å². The Kier molecular flexibility index (Phi) is 4.34. The summed E-state index contributed by atoms with van der Waals surface area (Å²) >= 11 is 1.23. The Balaban J connectivity index is 1.74. The highest BCUT2D eigenvalue weighted by atomic mass is 32.1. The highest BCUT2D eigenvalue weighted by Crippen LogP contribution is 2.26. The SMILES string of the molecule is COc1ccccc1/C=C/C(=O)Nc1nc2ccc(F)cc2s1. The molecule has 23 heavy (non-hydrogen) atoms. The lowest BCUT2D eigenvalue weighted by Gasteiger charge is -2.03. The maximum atomic E-state index is 13.2. The maximum absolute atomic E-state index is 13.2. The van der Waals surface area contributed by atoms with Gasteiger partial charge in [0.2, 0.25) is 5.91 Å². The molecule has 0 aliphatic heterocycles. The summed E-state index contributed by atoms with van der Waals surface area (Å²) in [4.78, 5) is 16.2. The van der Waals surface area contributed by atoms with Crippen LogP contribution in [0.15, 0.2) is 48.5 Å². The van der Waals surface area contributed by atoms with Crippen LogP contribution < -0.4 is 10.1 Å². The lowest BCUT2D eigenvalue weighted by atomic mass is 10.2. The highest BCUT2D eigenvalue weighted by molar-refractivity contribution is 7.22. The smallest absolute Gasteiger partial charge is 0.250 e. The van der Waals surface area contributed by atoms with Crippen LogP contribution in [0.25, 0.3) is 16.3 Å². The second-order valence-corrected chi connectivity index (χ2v) is 5.73. The van der Waals surface area contributed by atoms with Crippen LogP contribution in [-0.2, 0) is 4.79 Å². The van der Waals surface area contributed by atoms with Gasteiger partial charge in [-0.2, -0.15) is 0 Å². The van der Waals surface area contributed by atoms with Crippen molar-refractivity contribution in [3.8, 4) is 5.75 Å². The Bertz CT molecular complexity index is 889. The third-order valence-corrected chi connectivity index (χ3v) is 4.07. The Morgan fingerprint density at radius 1 is 1.30 bits per heavy atom. The van der Waals surface area contributed by atoms with Crippen molar-refractivity contribution in [2.24, 2.45) is 0 Å². The van der Waals surface area contributed by atoms with Crippen molar-refractivity contribution in [1.29, 1.82) is 0 Å². The van der Waals surface area contributed by atoms with Crippen LogP contribution in [-0.4, -0.2) is 18.0 Å². The zero-order valence-electron chi connectivity index (χ0n) is 12.2. The number of halogens is 1. The molecule has 1 aromatic heterocycles. The molecule has 0 saturated carbocycles. The Labute approximate surface area is 136 Å². The number of carbonyl (C=O) groups excluding carboxylic acids is 1. The molecule has 0 saturated heterocycles. The Morgan fingerprint density at radius 3 is 2.96 bits per heavy atom. The standard InChI is InChI=1S/C17H13FN2O2S/c1-22-14-5-3-2-4-11(14)6-9-16(21)20-17-19-13-8-7-12(18)10-15(13)23-17/h2-10H,1H3,(H,19,20,21)/b9-6+. The molecule has 0 unspecified atom stereocenters. The van der Waals surface area contributed by atoms with Gasteiger partial charge in [0, 0.05) is 11.6 Å². The number of nitrogens with one attached hydrogen (secondary N) is 1. The number of ether oxygens (including phenoxy) is 1. The van der Waals surface area contributed by atoms with Crippen LogP contribution in [0.4, 0.5) is 9.52 Å². The summed E-state index contributed by atoms with van der Waals surface area (Å²) in [5, 5.41) is 3.11. The number of rotatable bonds is 4. The number of fused-ring (bicyclic) bond motifs is 1. The molecule has 1 heterocycles. The average molecular weight is 328 g/mol. The molecule has 0 aliphatic carbocycles. The number of anilines is 1. The molecule has 0 bridgehead atoms. The Morgan fingerprint density at radius 2 is 2.13 bits per heavy atom. The van der Waals surface area contributed by atoms with Gasteiger partial charge in [-0.3, -0.25) is 10.1 Å². The number of thiazole rings is 1. The lowest BCUT2D eigenvalue weighted by Crippen LogP contribution is -2.07. The molecule has 0 radical (unpaired) electrons. The zero-order valence-corrected chi connectivity index (χ0v) is 13.1. The van der Waals surface area contributed by atoms with E-state index in [-0.39, 0.29) is 11.7 Å². The van der Waals surface area contributed by atoms with Crippen LogP contribution >= 0.6 is 11.3 Å². The van der Waals surface area contributed by atoms with E-state index in [0.717, 1.165) is 5.56 Å². The molecule has 0 atom stereocenters. The fraction of sp³-hybridized carbons (Fsp3) is 0.0588. The van der Waals surface area contributed by atoms with E-state index < -0.39 is 0 Å². The van der Waals surface area contributed by atoms with Crippen molar-refractivity contribution in [3.05, 3.63) is 59.9 Å². The molecule has 3 rings (SSSR count). The van der Waals surface area contributed by atoms with Gasteiger partial charge >= 0.3 is 0 Å². The van der Waals surface area contributed by atoms with Gasteiger partial charge < -0.3 is 4.74 Å². The van der Waals surface area contributed by atoms with Gasteiger partial charge in [0.1, 0.15) is 11.6 Å². The molecule has 3 aromatic rings. The molecule has 116 valence electrons. The van der Waals surface area contributed by atoms with Crippen LogP contribution in [0.3, 0.4) is 0 Å². The Hall–Kier alpha value is -2.73. The number of carbonyl (C=O) groups is 1. The first-order valence-corrected chi connectivity index (χ1v) is 7.65. The van der Waals surface area contributed by atoms with Gasteiger partial charge in [0.05, 0.1) is 17.3 Å². The molecule has 1 N–H and O–H groups in total. The van der Waals surface area contributed by atoms with E-state index in [0.29, 0.717) is 21.1 Å². The first kappa shape index (κ1) is 15.2. The van der Waals surface area contributed by atoms with E-state index in [9.17, 15) is 9.18 Å². The van der Waals surface area contributed by atoms with E-state index in [2.05, 4.69) is 10.3 Å². The molecular weight excluding hydrogens is 315 g/mol. The summed E-state index contributed by atoms with van der Waals surface area (Å²) in [5.41, 5.74) is 1.46. The van der Waals surface area contributed by atoms with Gasteiger partial charge in [0.25, 0.3) is 0 Å². The van der Waals surface area contributed by atoms with Crippen LogP contribution in [0.2, 0.25) is 0 Å². The minimum absolute atomic E-state index is 0.310. The highest BCUT2D eigenvalue weighted by Gasteiger charge is 2.07. The normalized spacial score (nSPS) is 11.0.